The number of Topliss-reactive ketones (excluding diaryl/α,β-unsaturated/α-hetero) is 1. The predicted molar refractivity (Wildman–Crippen MR) is 61.1 cm³/mol. The van der Waals surface area contributed by atoms with E-state index in [9.17, 15) is 9.59 Å². The van der Waals surface area contributed by atoms with Gasteiger partial charge in [-0.2, -0.15) is 0 Å². The summed E-state index contributed by atoms with van der Waals surface area (Å²) >= 11 is 0. The van der Waals surface area contributed by atoms with Gasteiger partial charge in [0, 0.05) is 13.0 Å². The van der Waals surface area contributed by atoms with Crippen LogP contribution < -0.4 is 5.32 Å². The van der Waals surface area contributed by atoms with Gasteiger partial charge in [-0.25, -0.2) is 0 Å². The van der Waals surface area contributed by atoms with Crippen molar-refractivity contribution in [1.82, 2.24) is 5.32 Å². The van der Waals surface area contributed by atoms with Crippen LogP contribution in [0.25, 0.3) is 0 Å². The zero-order chi connectivity index (χ0) is 12.0. The number of carbonyl (C=O) groups is 2. The van der Waals surface area contributed by atoms with Crippen LogP contribution in [0.4, 0.5) is 0 Å². The van der Waals surface area contributed by atoms with Crippen molar-refractivity contribution >= 4 is 11.7 Å². The fraction of sp³-hybridized carbons (Fsp3) is 0.833. The van der Waals surface area contributed by atoms with Crippen molar-refractivity contribution in [3.05, 3.63) is 0 Å². The standard InChI is InChI=1S/C12H21NO3/c1-3-11(14)9(2)13-12(15)8-10-6-4-5-7-16-10/h9-10H,3-8H2,1-2H3,(H,13,15). The summed E-state index contributed by atoms with van der Waals surface area (Å²) in [7, 11) is 0. The van der Waals surface area contributed by atoms with Gasteiger partial charge in [0.25, 0.3) is 0 Å². The van der Waals surface area contributed by atoms with Gasteiger partial charge in [0.05, 0.1) is 18.6 Å². The summed E-state index contributed by atoms with van der Waals surface area (Å²) in [6.45, 7) is 4.28. The summed E-state index contributed by atoms with van der Waals surface area (Å²) in [6, 6.07) is -0.374. The number of hydrogen-bond donors (Lipinski definition) is 1. The molecule has 0 aliphatic carbocycles. The van der Waals surface area contributed by atoms with Crippen LogP contribution in [0.3, 0.4) is 0 Å². The van der Waals surface area contributed by atoms with Crippen molar-refractivity contribution in [2.24, 2.45) is 0 Å². The third kappa shape index (κ3) is 4.31. The molecule has 0 aromatic carbocycles. The van der Waals surface area contributed by atoms with E-state index < -0.39 is 0 Å². The molecule has 16 heavy (non-hydrogen) atoms. The van der Waals surface area contributed by atoms with Crippen molar-refractivity contribution in [1.29, 1.82) is 0 Å². The lowest BCUT2D eigenvalue weighted by Gasteiger charge is -2.22. The van der Waals surface area contributed by atoms with E-state index >= 15 is 0 Å². The lowest BCUT2D eigenvalue weighted by molar-refractivity contribution is -0.129. The Kier molecular flexibility index (Phi) is 5.46. The fourth-order valence-electron chi connectivity index (χ4n) is 1.86. The molecule has 1 N–H and O–H groups in total. The van der Waals surface area contributed by atoms with Crippen molar-refractivity contribution in [2.45, 2.75) is 58.1 Å². The Morgan fingerprint density at radius 1 is 1.44 bits per heavy atom. The quantitative estimate of drug-likeness (QED) is 0.773. The van der Waals surface area contributed by atoms with E-state index in [2.05, 4.69) is 5.32 Å². The summed E-state index contributed by atoms with van der Waals surface area (Å²) in [4.78, 5) is 22.9. The highest BCUT2D eigenvalue weighted by atomic mass is 16.5. The number of rotatable bonds is 5. The van der Waals surface area contributed by atoms with Crippen molar-refractivity contribution < 1.29 is 14.3 Å². The molecule has 0 radical (unpaired) electrons. The summed E-state index contributed by atoms with van der Waals surface area (Å²) in [5.41, 5.74) is 0. The molecule has 0 saturated carbocycles. The highest BCUT2D eigenvalue weighted by Crippen LogP contribution is 2.15. The van der Waals surface area contributed by atoms with E-state index in [1.165, 1.54) is 0 Å². The second-order valence-corrected chi connectivity index (χ2v) is 4.30. The van der Waals surface area contributed by atoms with E-state index in [1.807, 2.05) is 0 Å². The Morgan fingerprint density at radius 3 is 2.75 bits per heavy atom. The summed E-state index contributed by atoms with van der Waals surface area (Å²) < 4.78 is 5.47. The minimum absolute atomic E-state index is 0.0395. The molecule has 92 valence electrons. The number of carbonyl (C=O) groups excluding carboxylic acids is 2. The SMILES string of the molecule is CCC(=O)C(C)NC(=O)CC1CCCCO1. The number of amides is 1. The Labute approximate surface area is 96.7 Å². The third-order valence-corrected chi connectivity index (χ3v) is 2.90. The largest absolute Gasteiger partial charge is 0.378 e. The van der Waals surface area contributed by atoms with Crippen LogP contribution in [-0.2, 0) is 14.3 Å². The van der Waals surface area contributed by atoms with Gasteiger partial charge in [0.2, 0.25) is 5.91 Å². The third-order valence-electron chi connectivity index (χ3n) is 2.90. The van der Waals surface area contributed by atoms with Crippen LogP contribution in [0.2, 0.25) is 0 Å². The number of ketones is 1. The Morgan fingerprint density at radius 2 is 2.19 bits per heavy atom. The minimum atomic E-state index is -0.374. The normalized spacial score (nSPS) is 22.5. The van der Waals surface area contributed by atoms with Crippen LogP contribution >= 0.6 is 0 Å². The molecule has 0 aromatic heterocycles. The zero-order valence-corrected chi connectivity index (χ0v) is 10.1. The monoisotopic (exact) mass is 227 g/mol. The average molecular weight is 227 g/mol. The van der Waals surface area contributed by atoms with Gasteiger partial charge in [0.1, 0.15) is 0 Å². The maximum atomic E-state index is 11.6. The molecule has 0 aromatic rings. The first-order valence-corrected chi connectivity index (χ1v) is 6.07. The van der Waals surface area contributed by atoms with Crippen molar-refractivity contribution in [2.75, 3.05) is 6.61 Å². The summed E-state index contributed by atoms with van der Waals surface area (Å²) in [5.74, 6) is -0.0147. The molecule has 0 bridgehead atoms. The van der Waals surface area contributed by atoms with Crippen molar-refractivity contribution in [3.63, 3.8) is 0 Å². The molecule has 1 aliphatic rings. The van der Waals surface area contributed by atoms with Crippen LogP contribution in [-0.4, -0.2) is 30.4 Å². The van der Waals surface area contributed by atoms with E-state index in [0.717, 1.165) is 25.9 Å². The molecule has 1 rings (SSSR count). The second kappa shape index (κ2) is 6.63. The summed E-state index contributed by atoms with van der Waals surface area (Å²) in [6.07, 6.45) is 4.04. The smallest absolute Gasteiger partial charge is 0.223 e. The summed E-state index contributed by atoms with van der Waals surface area (Å²) in [5, 5.41) is 2.71. The van der Waals surface area contributed by atoms with E-state index in [-0.39, 0.29) is 23.8 Å². The number of ether oxygens (including phenoxy) is 1. The maximum absolute atomic E-state index is 11.6. The maximum Gasteiger partial charge on any atom is 0.223 e. The molecule has 2 atom stereocenters. The Hall–Kier alpha value is -0.900. The molecule has 1 amide bonds. The molecular weight excluding hydrogens is 206 g/mol. The van der Waals surface area contributed by atoms with E-state index in [0.29, 0.717) is 12.8 Å². The first-order valence-electron chi connectivity index (χ1n) is 6.07. The molecule has 1 fully saturated rings. The Balaban J connectivity index is 2.26. The molecule has 1 heterocycles. The van der Waals surface area contributed by atoms with Crippen LogP contribution in [0.15, 0.2) is 0 Å². The lowest BCUT2D eigenvalue weighted by atomic mass is 10.1. The van der Waals surface area contributed by atoms with Gasteiger partial charge in [0.15, 0.2) is 5.78 Å². The van der Waals surface area contributed by atoms with Crippen molar-refractivity contribution in [3.8, 4) is 0 Å². The molecule has 4 nitrogen and oxygen atoms in total. The van der Waals surface area contributed by atoms with Crippen LogP contribution in [0, 0.1) is 0 Å². The lowest BCUT2D eigenvalue weighted by Crippen LogP contribution is -2.40. The minimum Gasteiger partial charge on any atom is -0.378 e. The molecule has 1 aliphatic heterocycles. The van der Waals surface area contributed by atoms with Gasteiger partial charge in [-0.15, -0.1) is 0 Å². The number of nitrogens with one attached hydrogen (secondary N) is 1. The van der Waals surface area contributed by atoms with Crippen LogP contribution in [0.1, 0.15) is 46.0 Å². The van der Waals surface area contributed by atoms with Crippen LogP contribution in [0.5, 0.6) is 0 Å². The molecule has 0 spiro atoms. The van der Waals surface area contributed by atoms with Gasteiger partial charge >= 0.3 is 0 Å². The molecule has 4 heteroatoms. The second-order valence-electron chi connectivity index (χ2n) is 4.30. The Bertz CT molecular complexity index is 247. The van der Waals surface area contributed by atoms with Gasteiger partial charge in [-0.1, -0.05) is 6.92 Å². The van der Waals surface area contributed by atoms with Gasteiger partial charge in [-0.3, -0.25) is 9.59 Å². The predicted octanol–water partition coefficient (Wildman–Crippen LogP) is 1.43. The van der Waals surface area contributed by atoms with Gasteiger partial charge in [-0.05, 0) is 26.2 Å². The zero-order valence-electron chi connectivity index (χ0n) is 10.1. The fourth-order valence-corrected chi connectivity index (χ4v) is 1.86. The molecule has 1 saturated heterocycles. The van der Waals surface area contributed by atoms with Gasteiger partial charge < -0.3 is 10.1 Å². The van der Waals surface area contributed by atoms with E-state index in [1.54, 1.807) is 13.8 Å². The molecular formula is C12H21NO3. The molecule has 2 unspecified atom stereocenters. The first kappa shape index (κ1) is 13.2. The first-order chi connectivity index (χ1) is 7.63. The van der Waals surface area contributed by atoms with E-state index in [4.69, 9.17) is 4.74 Å². The average Bonchev–Trinajstić information content (AvgIpc) is 2.29. The highest BCUT2D eigenvalue weighted by molar-refractivity contribution is 5.88. The topological polar surface area (TPSA) is 55.4 Å². The number of hydrogen-bond acceptors (Lipinski definition) is 3. The highest BCUT2D eigenvalue weighted by Gasteiger charge is 2.20.